The van der Waals surface area contributed by atoms with Gasteiger partial charge in [0.2, 0.25) is 39.6 Å². The van der Waals surface area contributed by atoms with E-state index >= 15 is 0 Å². The minimum atomic E-state index is -3.90. The number of carbonyl (C=O) groups excluding carboxylic acids is 6. The molecule has 0 spiro atoms. The molecule has 1 aromatic rings. The normalized spacial score (nSPS) is 19.7. The summed E-state index contributed by atoms with van der Waals surface area (Å²) in [6.45, 7) is 14.9. The Morgan fingerprint density at radius 3 is 1.99 bits per heavy atom. The molecule has 23 heteroatoms. The van der Waals surface area contributed by atoms with Crippen molar-refractivity contribution >= 4 is 51.6 Å². The van der Waals surface area contributed by atoms with Crippen molar-refractivity contribution in [3.8, 4) is 5.75 Å². The van der Waals surface area contributed by atoms with Crippen LogP contribution in [0.2, 0.25) is 0 Å². The molecule has 10 atom stereocenters. The Labute approximate surface area is 469 Å². The number of benzene rings is 1. The maximum absolute atomic E-state index is 14.5. The van der Waals surface area contributed by atoms with Crippen molar-refractivity contribution in [2.75, 3.05) is 61.5 Å². The Kier molecular flexibility index (Phi) is 26.4. The van der Waals surface area contributed by atoms with Gasteiger partial charge in [0.05, 0.1) is 59.9 Å². The highest BCUT2D eigenvalue weighted by molar-refractivity contribution is 7.90. The number of aliphatic hydroxyl groups excluding tert-OH is 1. The second-order valence-electron chi connectivity index (χ2n) is 22.9. The molecule has 2 heterocycles. The number of rotatable bonds is 32. The standard InChI is InChI=1S/C56H94N8O14S/c1-13-36(6)49(62(10)54(70)47(34(2)3)59-53(69)48(35(4)5)61(8)9)44(76-11)33-46(66)64-29-17-18-43(64)50(77-12)37(7)51(67)58-42(52(68)60-79(74,75)41-24-25-41)32-38-20-22-40(23-21-38)78-56(73)57-28-16-14-15-19-45(65)63-30-26-39(27-31-63)55(71)72/h20-23,34-37,39,41-44,47-50,52,60,68H,13-19,24-33H2,1-12H3,(H,57,73)(H,58,67)(H,59,69)(H,71,72)/t36-,37+,42-,43-,44+,47-,48-,49-,50+,52?/m0/s1. The van der Waals surface area contributed by atoms with Crippen molar-refractivity contribution in [3.05, 3.63) is 29.8 Å². The Morgan fingerprint density at radius 2 is 1.44 bits per heavy atom. The number of carboxylic acids is 1. The number of nitrogens with one attached hydrogen (secondary N) is 4. The Balaban J connectivity index is 1.39. The van der Waals surface area contributed by atoms with Crippen LogP contribution in [0.1, 0.15) is 131 Å². The lowest BCUT2D eigenvalue weighted by molar-refractivity contribution is -0.148. The van der Waals surface area contributed by atoms with Gasteiger partial charge in [-0.3, -0.25) is 33.7 Å². The summed E-state index contributed by atoms with van der Waals surface area (Å²) in [4.78, 5) is 100. The van der Waals surface area contributed by atoms with Gasteiger partial charge in [-0.1, -0.05) is 73.4 Å². The number of aliphatic hydroxyl groups is 1. The molecule has 0 aromatic heterocycles. The number of carboxylic acid groups (broad SMARTS) is 1. The van der Waals surface area contributed by atoms with E-state index in [0.717, 1.165) is 0 Å². The van der Waals surface area contributed by atoms with Crippen LogP contribution in [-0.4, -0.2) is 195 Å². The smallest absolute Gasteiger partial charge is 0.412 e. The topological polar surface area (TPSA) is 283 Å². The first-order valence-electron chi connectivity index (χ1n) is 28.4. The number of amides is 6. The van der Waals surface area contributed by atoms with E-state index in [2.05, 4.69) is 20.7 Å². The first kappa shape index (κ1) is 66.6. The highest BCUT2D eigenvalue weighted by Gasteiger charge is 2.44. The second kappa shape index (κ2) is 31.3. The predicted octanol–water partition coefficient (Wildman–Crippen LogP) is 3.73. The van der Waals surface area contributed by atoms with Gasteiger partial charge in [-0.05, 0) is 107 Å². The van der Waals surface area contributed by atoms with Gasteiger partial charge in [-0.25, -0.2) is 13.2 Å². The number of hydrogen-bond acceptors (Lipinski definition) is 14. The van der Waals surface area contributed by atoms with Crippen molar-refractivity contribution in [3.63, 3.8) is 0 Å². The van der Waals surface area contributed by atoms with Crippen LogP contribution in [0.25, 0.3) is 0 Å². The van der Waals surface area contributed by atoms with E-state index in [1.807, 2.05) is 60.5 Å². The fraction of sp³-hybridized carbons (Fsp3) is 0.768. The molecule has 2 aliphatic heterocycles. The quantitative estimate of drug-likeness (QED) is 0.0443. The zero-order valence-corrected chi connectivity index (χ0v) is 49.7. The average molecular weight is 1140 g/mol. The highest BCUT2D eigenvalue weighted by atomic mass is 32.2. The van der Waals surface area contributed by atoms with Gasteiger partial charge < -0.3 is 55.1 Å². The summed E-state index contributed by atoms with van der Waals surface area (Å²) in [6.07, 6.45) is 1.83. The summed E-state index contributed by atoms with van der Waals surface area (Å²) in [6, 6.07) is 2.83. The Hall–Kier alpha value is -4.94. The number of nitrogens with zero attached hydrogens (tertiary/aromatic N) is 4. The van der Waals surface area contributed by atoms with Crippen molar-refractivity contribution in [2.24, 2.45) is 29.6 Å². The van der Waals surface area contributed by atoms with E-state index < -0.39 is 93.7 Å². The number of methoxy groups -OCH3 is 2. The minimum Gasteiger partial charge on any atom is -0.481 e. The number of likely N-dealkylation sites (tertiary alicyclic amines) is 2. The molecule has 448 valence electrons. The molecule has 3 fully saturated rings. The van der Waals surface area contributed by atoms with Gasteiger partial charge in [-0.15, -0.1) is 0 Å². The number of carbonyl (C=O) groups is 7. The third-order valence-electron chi connectivity index (χ3n) is 16.0. The SMILES string of the molecule is CC[C@H](C)[C@@H]([C@@H](CC(=O)N1CCC[C@H]1[C@H](OC)[C@@H](C)C(=O)N[C@@H](Cc1ccc(OC(=O)NCCCCCC(=O)N2CCC(C(=O)O)CC2)cc1)C(O)NS(=O)(=O)C1CC1)OC)N(C)C(=O)[C@@H](NC(=O)[C@H](C(C)C)N(C)C)C(C)C. The molecule has 0 radical (unpaired) electrons. The van der Waals surface area contributed by atoms with Gasteiger partial charge in [0.25, 0.3) is 0 Å². The van der Waals surface area contributed by atoms with E-state index in [-0.39, 0.29) is 60.0 Å². The summed E-state index contributed by atoms with van der Waals surface area (Å²) in [5.41, 5.74) is 0.580. The molecule has 1 unspecified atom stereocenters. The van der Waals surface area contributed by atoms with E-state index in [4.69, 9.17) is 14.2 Å². The third kappa shape index (κ3) is 19.4. The summed E-state index contributed by atoms with van der Waals surface area (Å²) in [7, 11) is 4.42. The summed E-state index contributed by atoms with van der Waals surface area (Å²) >= 11 is 0. The van der Waals surface area contributed by atoms with Crippen LogP contribution in [0.4, 0.5) is 4.79 Å². The summed E-state index contributed by atoms with van der Waals surface area (Å²) in [5.74, 6) is -3.60. The van der Waals surface area contributed by atoms with Gasteiger partial charge >= 0.3 is 12.1 Å². The lowest BCUT2D eigenvalue weighted by Gasteiger charge is -2.41. The van der Waals surface area contributed by atoms with Gasteiger partial charge in [0, 0.05) is 53.9 Å². The van der Waals surface area contributed by atoms with Crippen LogP contribution in [0.15, 0.2) is 24.3 Å². The van der Waals surface area contributed by atoms with Crippen molar-refractivity contribution in [1.82, 2.24) is 40.3 Å². The maximum atomic E-state index is 14.5. The number of sulfonamides is 1. The van der Waals surface area contributed by atoms with Gasteiger partial charge in [-0.2, -0.15) is 4.72 Å². The van der Waals surface area contributed by atoms with E-state index in [9.17, 15) is 52.2 Å². The van der Waals surface area contributed by atoms with Gasteiger partial charge in [0.15, 0.2) is 0 Å². The lowest BCUT2D eigenvalue weighted by atomic mass is 9.89. The predicted molar refractivity (Wildman–Crippen MR) is 298 cm³/mol. The van der Waals surface area contributed by atoms with Crippen LogP contribution in [0.3, 0.4) is 0 Å². The molecule has 22 nitrogen and oxygen atoms in total. The zero-order valence-electron chi connectivity index (χ0n) is 48.9. The highest BCUT2D eigenvalue weighted by Crippen LogP contribution is 2.31. The van der Waals surface area contributed by atoms with Crippen LogP contribution in [-0.2, 0) is 54.7 Å². The monoisotopic (exact) mass is 1130 g/mol. The number of aliphatic carboxylic acids is 1. The van der Waals surface area contributed by atoms with Crippen molar-refractivity contribution in [2.45, 2.75) is 186 Å². The molecule has 3 aliphatic rings. The number of likely N-dealkylation sites (N-methyl/N-ethyl adjacent to an activating group) is 2. The van der Waals surface area contributed by atoms with Crippen molar-refractivity contribution in [1.29, 1.82) is 0 Å². The third-order valence-corrected chi connectivity index (χ3v) is 17.9. The average Bonchev–Trinajstić information content (AvgIpc) is 4.18. The Bertz CT molecular complexity index is 2270. The molecule has 0 bridgehead atoms. The first-order valence-corrected chi connectivity index (χ1v) is 29.9. The molecule has 6 amide bonds. The lowest BCUT2D eigenvalue weighted by Crippen LogP contribution is -2.59. The molecule has 2 saturated heterocycles. The fourth-order valence-electron chi connectivity index (χ4n) is 11.1. The molecule has 6 N–H and O–H groups in total. The molecule has 79 heavy (non-hydrogen) atoms. The van der Waals surface area contributed by atoms with Crippen LogP contribution >= 0.6 is 0 Å². The molecular weight excluding hydrogens is 1040 g/mol. The van der Waals surface area contributed by atoms with Crippen LogP contribution < -0.4 is 25.4 Å². The number of hydrogen-bond donors (Lipinski definition) is 6. The fourth-order valence-corrected chi connectivity index (χ4v) is 12.5. The molecule has 4 rings (SSSR count). The molecule has 1 aromatic carbocycles. The van der Waals surface area contributed by atoms with Gasteiger partial charge in [0.1, 0.15) is 18.0 Å². The zero-order chi connectivity index (χ0) is 58.9. The van der Waals surface area contributed by atoms with E-state index in [1.165, 1.54) is 14.2 Å². The second-order valence-corrected chi connectivity index (χ2v) is 24.9. The first-order chi connectivity index (χ1) is 37.3. The number of unbranched alkanes of at least 4 members (excludes halogenated alkanes) is 2. The van der Waals surface area contributed by atoms with Crippen molar-refractivity contribution < 1.29 is 66.4 Å². The van der Waals surface area contributed by atoms with Crippen LogP contribution in [0, 0.1) is 29.6 Å². The number of piperidine rings is 1. The molecule has 1 saturated carbocycles. The summed E-state index contributed by atoms with van der Waals surface area (Å²) < 4.78 is 46.0. The minimum absolute atomic E-state index is 0.000265. The Morgan fingerprint density at radius 1 is 0.797 bits per heavy atom. The maximum Gasteiger partial charge on any atom is 0.412 e. The van der Waals surface area contributed by atoms with E-state index in [1.54, 1.807) is 52.9 Å². The molecule has 1 aliphatic carbocycles. The van der Waals surface area contributed by atoms with E-state index in [0.29, 0.717) is 102 Å². The van der Waals surface area contributed by atoms with Crippen LogP contribution in [0.5, 0.6) is 5.75 Å². The number of ether oxygens (including phenoxy) is 3. The molecular formula is C56H94N8O14S. The largest absolute Gasteiger partial charge is 0.481 e. The summed E-state index contributed by atoms with van der Waals surface area (Å²) in [5, 5.41) is 28.6.